The summed E-state index contributed by atoms with van der Waals surface area (Å²) in [5.74, 6) is 0.138. The average molecular weight is 254 g/mol. The Hall–Kier alpha value is -2.83. The highest BCUT2D eigenvalue weighted by Gasteiger charge is 2.11. The summed E-state index contributed by atoms with van der Waals surface area (Å²) in [6.45, 7) is 1.42. The standard InChI is InChI=1S/C12H10N6O/c1-8(19)17-12-15-7-14-11-10(6-16-18(11)12)9-2-4-13-5-3-9/h2-7H,1H3,(H,14,15,17,19). The third kappa shape index (κ3) is 2.01. The van der Waals surface area contributed by atoms with Crippen molar-refractivity contribution >= 4 is 17.5 Å². The van der Waals surface area contributed by atoms with Gasteiger partial charge in [-0.05, 0) is 17.7 Å². The minimum atomic E-state index is -0.207. The maximum Gasteiger partial charge on any atom is 0.234 e. The molecule has 19 heavy (non-hydrogen) atoms. The molecule has 1 amide bonds. The van der Waals surface area contributed by atoms with E-state index in [0.717, 1.165) is 11.1 Å². The molecule has 0 saturated heterocycles. The number of carbonyl (C=O) groups excluding carboxylic acids is 1. The van der Waals surface area contributed by atoms with Crippen molar-refractivity contribution in [1.29, 1.82) is 0 Å². The van der Waals surface area contributed by atoms with Crippen LogP contribution in [0, 0.1) is 0 Å². The Morgan fingerprint density at radius 3 is 2.79 bits per heavy atom. The fourth-order valence-corrected chi connectivity index (χ4v) is 1.79. The van der Waals surface area contributed by atoms with Crippen LogP contribution in [0.25, 0.3) is 16.8 Å². The number of hydrogen-bond acceptors (Lipinski definition) is 5. The number of amides is 1. The van der Waals surface area contributed by atoms with Crippen LogP contribution < -0.4 is 5.32 Å². The highest BCUT2D eigenvalue weighted by atomic mass is 16.1. The van der Waals surface area contributed by atoms with E-state index >= 15 is 0 Å². The number of fused-ring (bicyclic) bond motifs is 1. The van der Waals surface area contributed by atoms with Crippen molar-refractivity contribution in [2.24, 2.45) is 0 Å². The van der Waals surface area contributed by atoms with Crippen LogP contribution >= 0.6 is 0 Å². The second-order valence-electron chi connectivity index (χ2n) is 3.91. The second-order valence-corrected chi connectivity index (χ2v) is 3.91. The molecule has 3 aromatic rings. The molecule has 0 aliphatic carbocycles. The Morgan fingerprint density at radius 1 is 1.26 bits per heavy atom. The first kappa shape index (κ1) is 11.3. The topological polar surface area (TPSA) is 85.1 Å². The molecule has 0 saturated carbocycles. The molecule has 3 rings (SSSR count). The number of carbonyl (C=O) groups is 1. The van der Waals surface area contributed by atoms with Gasteiger partial charge in [-0.2, -0.15) is 9.61 Å². The first-order chi connectivity index (χ1) is 9.25. The Bertz CT molecular complexity index is 736. The summed E-state index contributed by atoms with van der Waals surface area (Å²) < 4.78 is 1.50. The molecule has 0 bridgehead atoms. The van der Waals surface area contributed by atoms with Crippen LogP contribution in [-0.4, -0.2) is 30.5 Å². The predicted molar refractivity (Wildman–Crippen MR) is 68.3 cm³/mol. The molecular formula is C12H10N6O. The Labute approximate surface area is 108 Å². The van der Waals surface area contributed by atoms with Gasteiger partial charge in [-0.15, -0.1) is 0 Å². The lowest BCUT2D eigenvalue weighted by molar-refractivity contribution is -0.114. The van der Waals surface area contributed by atoms with Crippen molar-refractivity contribution in [1.82, 2.24) is 24.6 Å². The fourth-order valence-electron chi connectivity index (χ4n) is 1.79. The summed E-state index contributed by atoms with van der Waals surface area (Å²) in [5, 5.41) is 6.82. The van der Waals surface area contributed by atoms with E-state index < -0.39 is 0 Å². The van der Waals surface area contributed by atoms with Crippen LogP contribution in [0.5, 0.6) is 0 Å². The number of rotatable bonds is 2. The minimum Gasteiger partial charge on any atom is -0.295 e. The number of aromatic nitrogens is 5. The van der Waals surface area contributed by atoms with Gasteiger partial charge < -0.3 is 0 Å². The summed E-state index contributed by atoms with van der Waals surface area (Å²) in [6.07, 6.45) is 6.49. The molecule has 3 aromatic heterocycles. The third-order valence-electron chi connectivity index (χ3n) is 2.58. The predicted octanol–water partition coefficient (Wildman–Crippen LogP) is 1.14. The molecule has 7 nitrogen and oxygen atoms in total. The van der Waals surface area contributed by atoms with E-state index in [2.05, 4.69) is 25.4 Å². The second kappa shape index (κ2) is 4.45. The van der Waals surface area contributed by atoms with E-state index in [-0.39, 0.29) is 5.91 Å². The van der Waals surface area contributed by atoms with E-state index in [9.17, 15) is 4.79 Å². The van der Waals surface area contributed by atoms with Gasteiger partial charge in [0.05, 0.1) is 6.20 Å². The van der Waals surface area contributed by atoms with Crippen molar-refractivity contribution in [3.8, 4) is 11.1 Å². The van der Waals surface area contributed by atoms with Gasteiger partial charge in [-0.1, -0.05) is 0 Å². The van der Waals surface area contributed by atoms with Gasteiger partial charge in [0, 0.05) is 24.9 Å². The third-order valence-corrected chi connectivity index (χ3v) is 2.58. The molecule has 94 valence electrons. The monoisotopic (exact) mass is 254 g/mol. The quantitative estimate of drug-likeness (QED) is 0.741. The van der Waals surface area contributed by atoms with Crippen LogP contribution in [0.15, 0.2) is 37.1 Å². The first-order valence-electron chi connectivity index (χ1n) is 5.62. The van der Waals surface area contributed by atoms with E-state index in [4.69, 9.17) is 0 Å². The van der Waals surface area contributed by atoms with Crippen LogP contribution in [-0.2, 0) is 4.79 Å². The van der Waals surface area contributed by atoms with E-state index in [1.165, 1.54) is 17.8 Å². The van der Waals surface area contributed by atoms with Gasteiger partial charge >= 0.3 is 0 Å². The Balaban J connectivity index is 2.17. The Morgan fingerprint density at radius 2 is 2.05 bits per heavy atom. The number of nitrogens with zero attached hydrogens (tertiary/aromatic N) is 5. The first-order valence-corrected chi connectivity index (χ1v) is 5.62. The summed E-state index contributed by atoms with van der Waals surface area (Å²) in [4.78, 5) is 23.3. The molecule has 0 spiro atoms. The number of pyridine rings is 1. The smallest absolute Gasteiger partial charge is 0.234 e. The highest BCUT2D eigenvalue weighted by Crippen LogP contribution is 2.23. The van der Waals surface area contributed by atoms with Gasteiger partial charge in [-0.25, -0.2) is 9.97 Å². The van der Waals surface area contributed by atoms with Crippen LogP contribution in [0.3, 0.4) is 0 Å². The zero-order valence-electron chi connectivity index (χ0n) is 10.1. The normalized spacial score (nSPS) is 10.6. The summed E-state index contributed by atoms with van der Waals surface area (Å²) >= 11 is 0. The average Bonchev–Trinajstić information content (AvgIpc) is 2.84. The molecule has 0 aliphatic heterocycles. The largest absolute Gasteiger partial charge is 0.295 e. The van der Waals surface area contributed by atoms with Crippen LogP contribution in [0.1, 0.15) is 6.92 Å². The van der Waals surface area contributed by atoms with Gasteiger partial charge in [0.25, 0.3) is 0 Å². The van der Waals surface area contributed by atoms with Crippen molar-refractivity contribution < 1.29 is 4.79 Å². The zero-order chi connectivity index (χ0) is 13.2. The molecule has 3 heterocycles. The summed E-state index contributed by atoms with van der Waals surface area (Å²) in [5.41, 5.74) is 2.44. The van der Waals surface area contributed by atoms with E-state index in [0.29, 0.717) is 11.6 Å². The maximum atomic E-state index is 11.1. The maximum absolute atomic E-state index is 11.1. The van der Waals surface area contributed by atoms with Gasteiger partial charge in [0.2, 0.25) is 11.9 Å². The SMILES string of the molecule is CC(=O)Nc1ncnc2c(-c3ccncc3)cnn12. The molecule has 0 unspecified atom stereocenters. The molecule has 0 atom stereocenters. The molecule has 0 aliphatic rings. The lowest BCUT2D eigenvalue weighted by Crippen LogP contribution is -2.12. The molecule has 0 radical (unpaired) electrons. The van der Waals surface area contributed by atoms with Gasteiger partial charge in [0.1, 0.15) is 6.33 Å². The molecule has 0 fully saturated rings. The number of nitrogens with one attached hydrogen (secondary N) is 1. The highest BCUT2D eigenvalue weighted by molar-refractivity contribution is 5.87. The van der Waals surface area contributed by atoms with E-state index in [1.54, 1.807) is 18.6 Å². The van der Waals surface area contributed by atoms with Crippen molar-refractivity contribution in [3.05, 3.63) is 37.1 Å². The fraction of sp³-hybridized carbons (Fsp3) is 0.0833. The minimum absolute atomic E-state index is 0.207. The van der Waals surface area contributed by atoms with Crippen molar-refractivity contribution in [2.75, 3.05) is 5.32 Å². The van der Waals surface area contributed by atoms with Crippen molar-refractivity contribution in [2.45, 2.75) is 6.92 Å². The molecule has 7 heteroatoms. The lowest BCUT2D eigenvalue weighted by atomic mass is 10.1. The summed E-state index contributed by atoms with van der Waals surface area (Å²) in [6, 6.07) is 3.74. The van der Waals surface area contributed by atoms with Crippen LogP contribution in [0.4, 0.5) is 5.95 Å². The number of anilines is 1. The number of hydrogen-bond donors (Lipinski definition) is 1. The molecular weight excluding hydrogens is 244 g/mol. The zero-order valence-corrected chi connectivity index (χ0v) is 10.1. The van der Waals surface area contributed by atoms with Gasteiger partial charge in [-0.3, -0.25) is 15.1 Å². The molecule has 0 aromatic carbocycles. The summed E-state index contributed by atoms with van der Waals surface area (Å²) in [7, 11) is 0. The molecule has 1 N–H and O–H groups in total. The lowest BCUT2D eigenvalue weighted by Gasteiger charge is -2.03. The van der Waals surface area contributed by atoms with Gasteiger partial charge in [0.15, 0.2) is 5.65 Å². The van der Waals surface area contributed by atoms with Crippen LogP contribution in [0.2, 0.25) is 0 Å². The van der Waals surface area contributed by atoms with Crippen molar-refractivity contribution in [3.63, 3.8) is 0 Å². The van der Waals surface area contributed by atoms with E-state index in [1.807, 2.05) is 12.1 Å². The Kier molecular flexibility index (Phi) is 2.64.